The average molecular weight is 569 g/mol. The Morgan fingerprint density at radius 1 is 0.927 bits per heavy atom. The number of methoxy groups -OCH3 is 1. The number of quaternary nitrogens is 1. The van der Waals surface area contributed by atoms with Crippen molar-refractivity contribution in [1.82, 2.24) is 0 Å². The van der Waals surface area contributed by atoms with Crippen molar-refractivity contribution >= 4 is 17.1 Å². The molecule has 0 aliphatic carbocycles. The van der Waals surface area contributed by atoms with Crippen LogP contribution in [0.1, 0.15) is 43.0 Å². The van der Waals surface area contributed by atoms with E-state index in [0.29, 0.717) is 30.7 Å². The monoisotopic (exact) mass is 568 g/mol. The summed E-state index contributed by atoms with van der Waals surface area (Å²) >= 11 is 0. The van der Waals surface area contributed by atoms with Gasteiger partial charge in [0.05, 0.1) is 53.4 Å². The van der Waals surface area contributed by atoms with Crippen LogP contribution >= 0.6 is 0 Å². The van der Waals surface area contributed by atoms with Crippen molar-refractivity contribution in [2.75, 3.05) is 20.7 Å². The lowest BCUT2D eigenvalue weighted by molar-refractivity contribution is -0.915. The van der Waals surface area contributed by atoms with Gasteiger partial charge in [-0.25, -0.2) is 0 Å². The number of rotatable bonds is 9. The zero-order chi connectivity index (χ0) is 30.3. The molecule has 1 heterocycles. The van der Waals surface area contributed by atoms with E-state index in [4.69, 9.17) is 9.47 Å². The van der Waals surface area contributed by atoms with Crippen LogP contribution in [0.4, 0.5) is 17.1 Å². The van der Waals surface area contributed by atoms with Gasteiger partial charge in [-0.05, 0) is 29.2 Å². The summed E-state index contributed by atoms with van der Waals surface area (Å²) in [5.41, 5.74) is 0.755. The SMILES string of the molecule is COc1cc2c(cc1OCc1ccccc1)C(CC(C)C)[NH+](C)CC2.O=[N+]([O-])c1cc([N+](=O)[O-])c([O-])c([N+](=O)[O-])c1. The summed E-state index contributed by atoms with van der Waals surface area (Å²) in [6.07, 6.45) is 2.30. The molecule has 4 rings (SSSR count). The summed E-state index contributed by atoms with van der Waals surface area (Å²) in [4.78, 5) is 29.1. The number of nitrogens with zero attached hydrogens (tertiary/aromatic N) is 3. The predicted molar refractivity (Wildman–Crippen MR) is 147 cm³/mol. The van der Waals surface area contributed by atoms with E-state index in [0.717, 1.165) is 17.9 Å². The molecule has 13 heteroatoms. The topological polar surface area (TPSA) is 175 Å². The molecule has 3 aromatic carbocycles. The van der Waals surface area contributed by atoms with Crippen molar-refractivity contribution in [3.8, 4) is 17.2 Å². The highest BCUT2D eigenvalue weighted by atomic mass is 16.6. The first-order valence-corrected chi connectivity index (χ1v) is 12.9. The third-order valence-corrected chi connectivity index (χ3v) is 6.77. The Labute approximate surface area is 236 Å². The Kier molecular flexibility index (Phi) is 10.1. The molecule has 0 bridgehead atoms. The van der Waals surface area contributed by atoms with Gasteiger partial charge in [-0.3, -0.25) is 30.3 Å². The maximum Gasteiger partial charge on any atom is 0.283 e. The third kappa shape index (κ3) is 7.66. The van der Waals surface area contributed by atoms with Crippen molar-refractivity contribution in [3.63, 3.8) is 0 Å². The molecule has 1 aliphatic heterocycles. The van der Waals surface area contributed by atoms with Crippen LogP contribution in [0.2, 0.25) is 0 Å². The summed E-state index contributed by atoms with van der Waals surface area (Å²) in [5, 5.41) is 42.1. The molecule has 0 saturated heterocycles. The molecule has 41 heavy (non-hydrogen) atoms. The van der Waals surface area contributed by atoms with E-state index in [1.165, 1.54) is 29.7 Å². The number of likely N-dealkylation sites (N-methyl/N-ethyl adjacent to an activating group) is 1. The maximum absolute atomic E-state index is 11.1. The van der Waals surface area contributed by atoms with Crippen LogP contribution in [0.3, 0.4) is 0 Å². The van der Waals surface area contributed by atoms with Gasteiger partial charge in [0.1, 0.15) is 12.6 Å². The largest absolute Gasteiger partial charge is 0.863 e. The summed E-state index contributed by atoms with van der Waals surface area (Å²) in [6.45, 7) is 6.35. The minimum absolute atomic E-state index is 0.384. The second kappa shape index (κ2) is 13.5. The normalized spacial score (nSPS) is 15.7. The zero-order valence-electron chi connectivity index (χ0n) is 23.2. The van der Waals surface area contributed by atoms with Crippen LogP contribution in [-0.4, -0.2) is 35.5 Å². The second-order valence-electron chi connectivity index (χ2n) is 10.1. The summed E-state index contributed by atoms with van der Waals surface area (Å²) < 4.78 is 11.7. The molecule has 1 N–H and O–H groups in total. The molecule has 0 saturated carbocycles. The fourth-order valence-electron chi connectivity index (χ4n) is 4.70. The van der Waals surface area contributed by atoms with Gasteiger partial charge in [0.2, 0.25) is 0 Å². The number of non-ortho nitro benzene ring substituents is 1. The molecule has 3 aromatic rings. The lowest BCUT2D eigenvalue weighted by Crippen LogP contribution is -3.10. The highest BCUT2D eigenvalue weighted by Crippen LogP contribution is 2.37. The zero-order valence-corrected chi connectivity index (χ0v) is 23.2. The molecule has 0 spiro atoms. The van der Waals surface area contributed by atoms with Gasteiger partial charge >= 0.3 is 0 Å². The van der Waals surface area contributed by atoms with Crippen molar-refractivity contribution in [2.45, 2.75) is 39.3 Å². The average Bonchev–Trinajstić information content (AvgIpc) is 2.93. The highest BCUT2D eigenvalue weighted by molar-refractivity contribution is 5.64. The summed E-state index contributed by atoms with van der Waals surface area (Å²) in [5.74, 6) is 0.924. The van der Waals surface area contributed by atoms with E-state index in [-0.39, 0.29) is 0 Å². The molecule has 2 atom stereocenters. The van der Waals surface area contributed by atoms with E-state index in [2.05, 4.69) is 45.2 Å². The molecule has 0 aromatic heterocycles. The van der Waals surface area contributed by atoms with Gasteiger partial charge in [0, 0.05) is 18.4 Å². The number of nitro groups is 3. The Bertz CT molecular complexity index is 1380. The molecule has 13 nitrogen and oxygen atoms in total. The Balaban J connectivity index is 0.000000250. The second-order valence-corrected chi connectivity index (χ2v) is 10.1. The van der Waals surface area contributed by atoms with Crippen LogP contribution in [-0.2, 0) is 13.0 Å². The number of hydrogen-bond acceptors (Lipinski definition) is 9. The molecule has 1 aliphatic rings. The first-order valence-electron chi connectivity index (χ1n) is 12.9. The van der Waals surface area contributed by atoms with Crippen molar-refractivity contribution in [1.29, 1.82) is 0 Å². The number of benzene rings is 3. The Hall–Kier alpha value is -4.78. The lowest BCUT2D eigenvalue weighted by atomic mass is 9.87. The van der Waals surface area contributed by atoms with Crippen LogP contribution in [0.5, 0.6) is 17.2 Å². The minimum Gasteiger partial charge on any atom is -0.863 e. The van der Waals surface area contributed by atoms with Gasteiger partial charge in [-0.15, -0.1) is 0 Å². The Morgan fingerprint density at radius 3 is 2.05 bits per heavy atom. The number of ether oxygens (including phenoxy) is 2. The van der Waals surface area contributed by atoms with Crippen molar-refractivity contribution in [3.05, 3.63) is 102 Å². The van der Waals surface area contributed by atoms with Crippen LogP contribution in [0, 0.1) is 36.3 Å². The lowest BCUT2D eigenvalue weighted by Gasteiger charge is -2.33. The standard InChI is InChI=1S/C22H29NO2.C6H3N3O7/c1-16(2)12-20-19-14-22(25-15-17-8-6-5-7-9-17)21(24-4)13-18(19)10-11-23(20)3;10-6-4(8(13)14)1-3(7(11)12)2-5(6)9(15)16/h5-9,13-14,16,20H,10-12,15H2,1-4H3;1-2,10H. The van der Waals surface area contributed by atoms with Gasteiger partial charge in [-0.1, -0.05) is 44.2 Å². The third-order valence-electron chi connectivity index (χ3n) is 6.77. The fourth-order valence-corrected chi connectivity index (χ4v) is 4.70. The van der Waals surface area contributed by atoms with E-state index in [9.17, 15) is 35.4 Å². The quantitative estimate of drug-likeness (QED) is 0.296. The van der Waals surface area contributed by atoms with Gasteiger partial charge in [-0.2, -0.15) is 0 Å². The van der Waals surface area contributed by atoms with Gasteiger partial charge < -0.3 is 19.5 Å². The minimum atomic E-state index is -1.46. The van der Waals surface area contributed by atoms with Crippen LogP contribution in [0.25, 0.3) is 0 Å². The number of hydrogen-bond donors (Lipinski definition) is 1. The maximum atomic E-state index is 11.1. The fraction of sp³-hybridized carbons (Fsp3) is 0.357. The molecule has 218 valence electrons. The molecule has 0 fully saturated rings. The molecular formula is C28H32N4O9. The van der Waals surface area contributed by atoms with E-state index in [1.54, 1.807) is 12.0 Å². The number of nitro benzene ring substituents is 3. The van der Waals surface area contributed by atoms with E-state index >= 15 is 0 Å². The number of fused-ring (bicyclic) bond motifs is 1. The Morgan fingerprint density at radius 2 is 1.54 bits per heavy atom. The first kappa shape index (κ1) is 30.8. The first-order chi connectivity index (χ1) is 19.4. The highest BCUT2D eigenvalue weighted by Gasteiger charge is 2.30. The predicted octanol–water partition coefficient (Wildman–Crippen LogP) is 3.92. The van der Waals surface area contributed by atoms with Gasteiger partial charge in [0.25, 0.3) is 17.1 Å². The molecule has 2 unspecified atom stereocenters. The summed E-state index contributed by atoms with van der Waals surface area (Å²) in [6, 6.07) is 16.0. The number of nitrogens with one attached hydrogen (secondary N) is 1. The van der Waals surface area contributed by atoms with Crippen molar-refractivity contribution in [2.24, 2.45) is 5.92 Å². The smallest absolute Gasteiger partial charge is 0.283 e. The van der Waals surface area contributed by atoms with Crippen molar-refractivity contribution < 1.29 is 34.3 Å². The molecular weight excluding hydrogens is 536 g/mol. The summed E-state index contributed by atoms with van der Waals surface area (Å²) in [7, 11) is 4.04. The van der Waals surface area contributed by atoms with Gasteiger partial charge in [0.15, 0.2) is 11.5 Å². The van der Waals surface area contributed by atoms with E-state index < -0.39 is 37.6 Å². The molecule has 0 amide bonds. The van der Waals surface area contributed by atoms with Crippen LogP contribution in [0.15, 0.2) is 54.6 Å². The van der Waals surface area contributed by atoms with E-state index in [1.807, 2.05) is 18.2 Å². The molecule has 0 radical (unpaired) electrons. The van der Waals surface area contributed by atoms with Crippen LogP contribution < -0.4 is 19.5 Å².